The largest absolute Gasteiger partial charge is 0.455 e. The highest BCUT2D eigenvalue weighted by Crippen LogP contribution is 2.39. The van der Waals surface area contributed by atoms with Crippen molar-refractivity contribution in [3.8, 4) is 0 Å². The van der Waals surface area contributed by atoms with Gasteiger partial charge in [0.1, 0.15) is 36.7 Å². The van der Waals surface area contributed by atoms with Crippen LogP contribution in [-0.4, -0.2) is 123 Å². The van der Waals surface area contributed by atoms with E-state index in [0.717, 1.165) is 27.7 Å². The van der Waals surface area contributed by atoms with Crippen LogP contribution in [0.25, 0.3) is 0 Å². The maximum atomic E-state index is 14.9. The third kappa shape index (κ3) is 13.1. The molecular formula is C37H52FNO16. The number of esters is 4. The first-order valence-electron chi connectivity index (χ1n) is 18.2. The molecule has 0 saturated carbocycles. The molecule has 17 nitrogen and oxygen atoms in total. The number of hydrogen-bond acceptors (Lipinski definition) is 16. The van der Waals surface area contributed by atoms with Crippen molar-refractivity contribution >= 4 is 30.0 Å². The summed E-state index contributed by atoms with van der Waals surface area (Å²) in [5.74, 6) is -3.15. The zero-order valence-corrected chi connectivity index (χ0v) is 32.1. The van der Waals surface area contributed by atoms with E-state index in [4.69, 9.17) is 52.1 Å². The standard InChI is InChI=1S/C37H52FNO16/c1-20(40)47-29-27(25(18-38)51-34(31(29)49-22(3)42)45-17-13-9-12-16-39-36(44)55-37(5,6)7)54-35-32(50-23(4)43)30(48-21(2)41)28-26(52-35)19-46-33(53-28)24-14-10-8-11-15-24/h8,10-11,14-15,25-35H,9,12-13,16-19H2,1-7H3,(H,39,44)/t25?,26?,27-,28-,29?,30?,31?,32?,33?,34+,35-/m0/s1. The summed E-state index contributed by atoms with van der Waals surface area (Å²) in [6.45, 7) is 8.92. The summed E-state index contributed by atoms with van der Waals surface area (Å²) >= 11 is 0. The van der Waals surface area contributed by atoms with Gasteiger partial charge in [0.05, 0.1) is 6.61 Å². The fourth-order valence-electron chi connectivity index (χ4n) is 6.29. The van der Waals surface area contributed by atoms with E-state index in [2.05, 4.69) is 5.32 Å². The number of amides is 1. The lowest BCUT2D eigenvalue weighted by Crippen LogP contribution is -2.67. The topological polar surface area (TPSA) is 199 Å². The molecule has 55 heavy (non-hydrogen) atoms. The van der Waals surface area contributed by atoms with Crippen molar-refractivity contribution in [3.05, 3.63) is 35.9 Å². The SMILES string of the molecule is CC(=O)OC1C(OC(C)=O)[C@@H](O[C@@H]2OC3COC(c4ccccc4)O[C@@H]3C(OC(C)=O)C2OC(C)=O)C(CF)O[C@H]1OCCCCCNC(=O)OC(C)(C)C. The van der Waals surface area contributed by atoms with E-state index in [-0.39, 0.29) is 13.2 Å². The highest BCUT2D eigenvalue weighted by atomic mass is 19.1. The number of carbonyl (C=O) groups excluding carboxylic acids is 5. The maximum Gasteiger partial charge on any atom is 0.407 e. The molecule has 4 rings (SSSR count). The number of halogens is 1. The number of fused-ring (bicyclic) bond motifs is 1. The molecule has 3 heterocycles. The Morgan fingerprint density at radius 3 is 1.95 bits per heavy atom. The Balaban J connectivity index is 1.52. The molecule has 3 aliphatic heterocycles. The molecule has 0 spiro atoms. The number of carbonyl (C=O) groups is 5. The number of hydrogen-bond donors (Lipinski definition) is 1. The molecule has 1 aromatic rings. The van der Waals surface area contributed by atoms with Gasteiger partial charge in [-0.05, 0) is 40.0 Å². The normalized spacial score (nSPS) is 30.6. The summed E-state index contributed by atoms with van der Waals surface area (Å²) in [7, 11) is 0. The van der Waals surface area contributed by atoms with E-state index in [0.29, 0.717) is 31.4 Å². The molecule has 0 radical (unpaired) electrons. The number of rotatable bonds is 15. The van der Waals surface area contributed by atoms with E-state index in [1.807, 2.05) is 6.07 Å². The molecule has 11 atom stereocenters. The summed E-state index contributed by atoms with van der Waals surface area (Å²) in [5, 5.41) is 2.67. The molecule has 0 aliphatic carbocycles. The van der Waals surface area contributed by atoms with Crippen LogP contribution in [0.4, 0.5) is 9.18 Å². The molecule has 1 amide bonds. The lowest BCUT2D eigenvalue weighted by molar-refractivity contribution is -0.385. The zero-order chi connectivity index (χ0) is 40.3. The van der Waals surface area contributed by atoms with Crippen molar-refractivity contribution in [1.82, 2.24) is 5.32 Å². The van der Waals surface area contributed by atoms with Crippen molar-refractivity contribution < 1.29 is 80.5 Å². The van der Waals surface area contributed by atoms with Crippen LogP contribution < -0.4 is 5.32 Å². The van der Waals surface area contributed by atoms with Gasteiger partial charge in [0.25, 0.3) is 0 Å². The number of alkyl carbamates (subject to hydrolysis) is 1. The molecule has 0 aromatic heterocycles. The van der Waals surface area contributed by atoms with Crippen LogP contribution in [0.5, 0.6) is 0 Å². The van der Waals surface area contributed by atoms with Gasteiger partial charge in [-0.2, -0.15) is 0 Å². The first-order valence-corrected chi connectivity index (χ1v) is 18.2. The molecule has 1 N–H and O–H groups in total. The quantitative estimate of drug-likeness (QED) is 0.154. The Kier molecular flexibility index (Phi) is 16.2. The molecule has 3 saturated heterocycles. The third-order valence-corrected chi connectivity index (χ3v) is 8.37. The lowest BCUT2D eigenvalue weighted by Gasteiger charge is -2.50. The number of nitrogens with one attached hydrogen (secondary N) is 1. The van der Waals surface area contributed by atoms with E-state index < -0.39 is 110 Å². The van der Waals surface area contributed by atoms with Gasteiger partial charge >= 0.3 is 30.0 Å². The Bertz CT molecular complexity index is 1440. The minimum atomic E-state index is -1.60. The van der Waals surface area contributed by atoms with Gasteiger partial charge in [0.2, 0.25) is 0 Å². The van der Waals surface area contributed by atoms with Crippen LogP contribution in [0, 0.1) is 0 Å². The predicted octanol–water partition coefficient (Wildman–Crippen LogP) is 3.34. The monoisotopic (exact) mass is 785 g/mol. The Hall–Kier alpha value is -3.94. The average molecular weight is 786 g/mol. The first-order chi connectivity index (χ1) is 26.1. The van der Waals surface area contributed by atoms with E-state index >= 15 is 0 Å². The number of benzene rings is 1. The van der Waals surface area contributed by atoms with Crippen LogP contribution in [0.2, 0.25) is 0 Å². The van der Waals surface area contributed by atoms with Gasteiger partial charge in [-0.1, -0.05) is 30.3 Å². The smallest absolute Gasteiger partial charge is 0.407 e. The molecule has 18 heteroatoms. The van der Waals surface area contributed by atoms with Gasteiger partial charge in [0.15, 0.2) is 43.3 Å². The average Bonchev–Trinajstić information content (AvgIpc) is 3.09. The van der Waals surface area contributed by atoms with Crippen molar-refractivity contribution in [2.24, 2.45) is 0 Å². The fourth-order valence-corrected chi connectivity index (χ4v) is 6.29. The second kappa shape index (κ2) is 20.3. The summed E-state index contributed by atoms with van der Waals surface area (Å²) in [5.41, 5.74) is 0.0411. The number of unbranched alkanes of at least 4 members (excludes halogenated alkanes) is 2. The van der Waals surface area contributed by atoms with E-state index in [1.165, 1.54) is 0 Å². The predicted molar refractivity (Wildman–Crippen MR) is 184 cm³/mol. The van der Waals surface area contributed by atoms with Gasteiger partial charge < -0.3 is 57.4 Å². The first kappa shape index (κ1) is 43.8. The third-order valence-electron chi connectivity index (χ3n) is 8.37. The van der Waals surface area contributed by atoms with Crippen LogP contribution in [-0.2, 0) is 71.3 Å². The second-order valence-electron chi connectivity index (χ2n) is 14.2. The molecule has 1 aromatic carbocycles. The Labute approximate surface area is 318 Å². The van der Waals surface area contributed by atoms with Crippen molar-refractivity contribution in [1.29, 1.82) is 0 Å². The number of alkyl halides is 1. The second-order valence-corrected chi connectivity index (χ2v) is 14.2. The van der Waals surface area contributed by atoms with Gasteiger partial charge in [-0.15, -0.1) is 0 Å². The number of ether oxygens (including phenoxy) is 11. The van der Waals surface area contributed by atoms with E-state index in [9.17, 15) is 28.4 Å². The van der Waals surface area contributed by atoms with Gasteiger partial charge in [0, 0.05) is 46.4 Å². The highest BCUT2D eigenvalue weighted by molar-refractivity contribution is 5.68. The van der Waals surface area contributed by atoms with Crippen LogP contribution in [0.3, 0.4) is 0 Å². The summed E-state index contributed by atoms with van der Waals surface area (Å²) in [6, 6.07) is 8.97. The molecule has 3 aliphatic rings. The lowest BCUT2D eigenvalue weighted by atomic mass is 9.95. The molecule has 7 unspecified atom stereocenters. The minimum Gasteiger partial charge on any atom is -0.455 e. The zero-order valence-electron chi connectivity index (χ0n) is 32.1. The minimum absolute atomic E-state index is 0.0591. The Morgan fingerprint density at radius 1 is 0.745 bits per heavy atom. The van der Waals surface area contributed by atoms with Crippen LogP contribution in [0.1, 0.15) is 79.6 Å². The molecule has 308 valence electrons. The highest BCUT2D eigenvalue weighted by Gasteiger charge is 2.58. The summed E-state index contributed by atoms with van der Waals surface area (Å²) in [4.78, 5) is 61.5. The molecule has 0 bridgehead atoms. The summed E-state index contributed by atoms with van der Waals surface area (Å²) in [6.07, 6.45) is -13.5. The van der Waals surface area contributed by atoms with Crippen molar-refractivity contribution in [3.63, 3.8) is 0 Å². The van der Waals surface area contributed by atoms with Crippen LogP contribution >= 0.6 is 0 Å². The Morgan fingerprint density at radius 2 is 1.35 bits per heavy atom. The van der Waals surface area contributed by atoms with Gasteiger partial charge in [-0.25, -0.2) is 9.18 Å². The van der Waals surface area contributed by atoms with Gasteiger partial charge in [-0.3, -0.25) is 19.2 Å². The fraction of sp³-hybridized carbons (Fsp3) is 0.703. The van der Waals surface area contributed by atoms with E-state index in [1.54, 1.807) is 45.0 Å². The van der Waals surface area contributed by atoms with Crippen molar-refractivity contribution in [2.45, 2.75) is 141 Å². The van der Waals surface area contributed by atoms with Crippen LogP contribution in [0.15, 0.2) is 30.3 Å². The molecular weight excluding hydrogens is 733 g/mol. The maximum absolute atomic E-state index is 14.9. The molecule has 3 fully saturated rings. The van der Waals surface area contributed by atoms with Crippen molar-refractivity contribution in [2.75, 3.05) is 26.4 Å². The summed E-state index contributed by atoms with van der Waals surface area (Å²) < 4.78 is 79.0.